The predicted octanol–water partition coefficient (Wildman–Crippen LogP) is 2.32. The molecule has 0 aliphatic carbocycles. The molecular formula is C13H16N2O3. The average molecular weight is 248 g/mol. The van der Waals surface area contributed by atoms with Crippen molar-refractivity contribution in [1.82, 2.24) is 10.1 Å². The van der Waals surface area contributed by atoms with Crippen LogP contribution in [-0.2, 0) is 6.61 Å². The fourth-order valence-corrected chi connectivity index (χ4v) is 1.64. The summed E-state index contributed by atoms with van der Waals surface area (Å²) < 4.78 is 10.5. The summed E-state index contributed by atoms with van der Waals surface area (Å²) in [6.45, 7) is 5.67. The van der Waals surface area contributed by atoms with E-state index in [0.717, 1.165) is 16.9 Å². The van der Waals surface area contributed by atoms with E-state index in [-0.39, 0.29) is 6.61 Å². The molecular weight excluding hydrogens is 232 g/mol. The number of nitrogens with zero attached hydrogens (tertiary/aromatic N) is 2. The first-order chi connectivity index (χ1) is 8.56. The summed E-state index contributed by atoms with van der Waals surface area (Å²) in [5.41, 5.74) is 1.84. The third-order valence-electron chi connectivity index (χ3n) is 2.61. The van der Waals surface area contributed by atoms with Gasteiger partial charge in [-0.2, -0.15) is 4.98 Å². The highest BCUT2D eigenvalue weighted by atomic mass is 16.5. The molecule has 1 heterocycles. The van der Waals surface area contributed by atoms with Crippen LogP contribution in [0, 0.1) is 13.8 Å². The van der Waals surface area contributed by atoms with E-state index in [1.165, 1.54) is 0 Å². The summed E-state index contributed by atoms with van der Waals surface area (Å²) in [5.74, 6) is 1.79. The van der Waals surface area contributed by atoms with Gasteiger partial charge in [0.1, 0.15) is 5.75 Å². The molecule has 0 unspecified atom stereocenters. The van der Waals surface area contributed by atoms with E-state index >= 15 is 0 Å². The molecule has 96 valence electrons. The monoisotopic (exact) mass is 248 g/mol. The Bertz CT molecular complexity index is 535. The Labute approximate surface area is 105 Å². The smallest absolute Gasteiger partial charge is 0.223 e. The molecule has 1 aromatic carbocycles. The summed E-state index contributed by atoms with van der Waals surface area (Å²) in [5, 5.41) is 13.2. The van der Waals surface area contributed by atoms with Gasteiger partial charge in [-0.05, 0) is 37.1 Å². The Morgan fingerprint density at radius 2 is 2.17 bits per heavy atom. The van der Waals surface area contributed by atoms with Crippen LogP contribution in [0.4, 0.5) is 0 Å². The van der Waals surface area contributed by atoms with Gasteiger partial charge in [-0.3, -0.25) is 0 Å². The number of aliphatic hydroxyl groups excluding tert-OH is 1. The molecule has 0 aliphatic heterocycles. The predicted molar refractivity (Wildman–Crippen MR) is 65.2 cm³/mol. The first-order valence-corrected chi connectivity index (χ1v) is 5.77. The number of ether oxygens (including phenoxy) is 1. The van der Waals surface area contributed by atoms with Crippen molar-refractivity contribution in [2.45, 2.75) is 33.5 Å². The normalized spacial score (nSPS) is 12.4. The van der Waals surface area contributed by atoms with Crippen LogP contribution in [-0.4, -0.2) is 15.2 Å². The topological polar surface area (TPSA) is 68.4 Å². The van der Waals surface area contributed by atoms with Crippen molar-refractivity contribution >= 4 is 0 Å². The largest absolute Gasteiger partial charge is 0.485 e. The third kappa shape index (κ3) is 2.87. The lowest BCUT2D eigenvalue weighted by Crippen LogP contribution is -2.00. The van der Waals surface area contributed by atoms with Crippen LogP contribution in [0.1, 0.15) is 35.9 Å². The van der Waals surface area contributed by atoms with Gasteiger partial charge in [0, 0.05) is 6.92 Å². The molecule has 0 amide bonds. The van der Waals surface area contributed by atoms with Gasteiger partial charge in [0.2, 0.25) is 11.7 Å². The van der Waals surface area contributed by atoms with Crippen LogP contribution < -0.4 is 4.74 Å². The number of aromatic nitrogens is 2. The number of hydrogen-bond donors (Lipinski definition) is 1. The molecule has 1 aromatic heterocycles. The highest BCUT2D eigenvalue weighted by molar-refractivity contribution is 5.36. The lowest BCUT2D eigenvalue weighted by atomic mass is 10.1. The first kappa shape index (κ1) is 12.6. The molecule has 0 fully saturated rings. The Hall–Kier alpha value is -1.88. The van der Waals surface area contributed by atoms with Gasteiger partial charge >= 0.3 is 0 Å². The van der Waals surface area contributed by atoms with E-state index in [0.29, 0.717) is 11.7 Å². The molecule has 0 saturated carbocycles. The van der Waals surface area contributed by atoms with Gasteiger partial charge in [0.05, 0.1) is 6.10 Å². The van der Waals surface area contributed by atoms with Gasteiger partial charge in [-0.15, -0.1) is 0 Å². The highest BCUT2D eigenvalue weighted by Gasteiger charge is 2.07. The summed E-state index contributed by atoms with van der Waals surface area (Å²) in [6, 6.07) is 5.58. The summed E-state index contributed by atoms with van der Waals surface area (Å²) in [4.78, 5) is 4.06. The standard InChI is InChI=1S/C13H16N2O3/c1-8-6-11(9(2)16)4-5-12(8)17-7-13-14-10(3)18-15-13/h4-6,9,16H,7H2,1-3H3/t9-/m1/s1. The third-order valence-corrected chi connectivity index (χ3v) is 2.61. The second kappa shape index (κ2) is 5.18. The van der Waals surface area contributed by atoms with E-state index in [2.05, 4.69) is 10.1 Å². The van der Waals surface area contributed by atoms with Crippen molar-refractivity contribution in [1.29, 1.82) is 0 Å². The number of aryl methyl sites for hydroxylation is 2. The van der Waals surface area contributed by atoms with Crippen LogP contribution in [0.25, 0.3) is 0 Å². The van der Waals surface area contributed by atoms with Crippen LogP contribution in [0.2, 0.25) is 0 Å². The number of aliphatic hydroxyl groups is 1. The number of hydrogen-bond acceptors (Lipinski definition) is 5. The molecule has 0 radical (unpaired) electrons. The second-order valence-corrected chi connectivity index (χ2v) is 4.22. The quantitative estimate of drug-likeness (QED) is 0.899. The number of benzene rings is 1. The Kier molecular flexibility index (Phi) is 3.62. The van der Waals surface area contributed by atoms with E-state index in [9.17, 15) is 5.11 Å². The average Bonchev–Trinajstić information content (AvgIpc) is 2.73. The summed E-state index contributed by atoms with van der Waals surface area (Å²) >= 11 is 0. The van der Waals surface area contributed by atoms with Crippen molar-refractivity contribution in [3.05, 3.63) is 41.0 Å². The molecule has 1 N–H and O–H groups in total. The Morgan fingerprint density at radius 1 is 1.39 bits per heavy atom. The van der Waals surface area contributed by atoms with Crippen LogP contribution in [0.15, 0.2) is 22.7 Å². The van der Waals surface area contributed by atoms with E-state index in [1.807, 2.05) is 25.1 Å². The fraction of sp³-hybridized carbons (Fsp3) is 0.385. The second-order valence-electron chi connectivity index (χ2n) is 4.22. The zero-order chi connectivity index (χ0) is 13.1. The van der Waals surface area contributed by atoms with Crippen molar-refractivity contribution < 1.29 is 14.4 Å². The Morgan fingerprint density at radius 3 is 2.72 bits per heavy atom. The number of rotatable bonds is 4. The minimum Gasteiger partial charge on any atom is -0.485 e. The minimum atomic E-state index is -0.474. The minimum absolute atomic E-state index is 0.270. The molecule has 1 atom stereocenters. The molecule has 5 nitrogen and oxygen atoms in total. The Balaban J connectivity index is 2.05. The van der Waals surface area contributed by atoms with Crippen LogP contribution in [0.3, 0.4) is 0 Å². The first-order valence-electron chi connectivity index (χ1n) is 5.77. The maximum atomic E-state index is 9.48. The van der Waals surface area contributed by atoms with E-state index in [4.69, 9.17) is 9.26 Å². The SMILES string of the molecule is Cc1nc(COc2ccc([C@@H](C)O)cc2C)no1. The maximum Gasteiger partial charge on any atom is 0.223 e. The van der Waals surface area contributed by atoms with Crippen molar-refractivity contribution in [2.75, 3.05) is 0 Å². The summed E-state index contributed by atoms with van der Waals surface area (Å²) in [7, 11) is 0. The highest BCUT2D eigenvalue weighted by Crippen LogP contribution is 2.23. The van der Waals surface area contributed by atoms with Gasteiger partial charge in [-0.25, -0.2) is 0 Å². The lowest BCUT2D eigenvalue weighted by Gasteiger charge is -2.10. The lowest BCUT2D eigenvalue weighted by molar-refractivity contribution is 0.199. The van der Waals surface area contributed by atoms with Gasteiger partial charge < -0.3 is 14.4 Å². The zero-order valence-electron chi connectivity index (χ0n) is 10.7. The fourth-order valence-electron chi connectivity index (χ4n) is 1.64. The van der Waals surface area contributed by atoms with E-state index < -0.39 is 6.10 Å². The molecule has 0 saturated heterocycles. The molecule has 0 spiro atoms. The van der Waals surface area contributed by atoms with Crippen molar-refractivity contribution in [3.8, 4) is 5.75 Å². The molecule has 5 heteroatoms. The van der Waals surface area contributed by atoms with Gasteiger partial charge in [0.25, 0.3) is 0 Å². The van der Waals surface area contributed by atoms with E-state index in [1.54, 1.807) is 13.8 Å². The zero-order valence-corrected chi connectivity index (χ0v) is 10.7. The maximum absolute atomic E-state index is 9.48. The molecule has 0 bridgehead atoms. The molecule has 2 rings (SSSR count). The summed E-state index contributed by atoms with van der Waals surface area (Å²) in [6.07, 6.45) is -0.474. The van der Waals surface area contributed by atoms with Gasteiger partial charge in [-0.1, -0.05) is 11.2 Å². The molecule has 18 heavy (non-hydrogen) atoms. The van der Waals surface area contributed by atoms with Crippen LogP contribution >= 0.6 is 0 Å². The van der Waals surface area contributed by atoms with Crippen molar-refractivity contribution in [3.63, 3.8) is 0 Å². The van der Waals surface area contributed by atoms with Gasteiger partial charge in [0.15, 0.2) is 6.61 Å². The molecule has 0 aliphatic rings. The molecule has 2 aromatic rings. The van der Waals surface area contributed by atoms with Crippen molar-refractivity contribution in [2.24, 2.45) is 0 Å². The van der Waals surface area contributed by atoms with Crippen LogP contribution in [0.5, 0.6) is 5.75 Å².